The van der Waals surface area contributed by atoms with Gasteiger partial charge in [0.1, 0.15) is 17.3 Å². The fraction of sp³-hybridized carbons (Fsp3) is 0.500. The van der Waals surface area contributed by atoms with E-state index in [-0.39, 0.29) is 6.10 Å². The van der Waals surface area contributed by atoms with Crippen LogP contribution in [0.15, 0.2) is 29.3 Å². The van der Waals surface area contributed by atoms with Crippen LogP contribution in [0.2, 0.25) is 0 Å². The Hall–Kier alpha value is -1.51. The first-order chi connectivity index (χ1) is 8.31. The Labute approximate surface area is 103 Å². The number of amidine groups is 1. The van der Waals surface area contributed by atoms with Crippen molar-refractivity contribution in [2.45, 2.75) is 45.1 Å². The summed E-state index contributed by atoms with van der Waals surface area (Å²) >= 11 is 0. The summed E-state index contributed by atoms with van der Waals surface area (Å²) in [6, 6.07) is 7.78. The molecule has 1 aliphatic rings. The normalized spacial score (nSPS) is 18.2. The third-order valence-electron chi connectivity index (χ3n) is 3.03. The van der Waals surface area contributed by atoms with Gasteiger partial charge in [0.2, 0.25) is 0 Å². The van der Waals surface area contributed by atoms with Crippen LogP contribution in [0.5, 0.6) is 5.75 Å². The molecule has 1 heterocycles. The average Bonchev–Trinajstić information content (AvgIpc) is 2.35. The van der Waals surface area contributed by atoms with E-state index in [2.05, 4.69) is 11.9 Å². The SMILES string of the molecule is CCCCCCC1Oc2ccccc2N=C1N. The number of nitrogens with zero attached hydrogens (tertiary/aromatic N) is 1. The van der Waals surface area contributed by atoms with Gasteiger partial charge in [0, 0.05) is 0 Å². The van der Waals surface area contributed by atoms with E-state index in [9.17, 15) is 0 Å². The quantitative estimate of drug-likeness (QED) is 0.791. The smallest absolute Gasteiger partial charge is 0.156 e. The zero-order valence-corrected chi connectivity index (χ0v) is 10.4. The Morgan fingerprint density at radius 3 is 2.88 bits per heavy atom. The van der Waals surface area contributed by atoms with Gasteiger partial charge in [-0.1, -0.05) is 38.3 Å². The van der Waals surface area contributed by atoms with Crippen molar-refractivity contribution in [1.29, 1.82) is 0 Å². The molecule has 2 N–H and O–H groups in total. The summed E-state index contributed by atoms with van der Waals surface area (Å²) in [5.74, 6) is 1.46. The lowest BCUT2D eigenvalue weighted by atomic mass is 10.1. The molecule has 0 bridgehead atoms. The van der Waals surface area contributed by atoms with Gasteiger partial charge in [0.05, 0.1) is 0 Å². The Balaban J connectivity index is 1.95. The highest BCUT2D eigenvalue weighted by atomic mass is 16.5. The van der Waals surface area contributed by atoms with E-state index in [0.29, 0.717) is 5.84 Å². The van der Waals surface area contributed by atoms with Gasteiger partial charge in [-0.05, 0) is 25.0 Å². The Bertz CT molecular complexity index is 401. The van der Waals surface area contributed by atoms with Gasteiger partial charge in [0.25, 0.3) is 0 Å². The first-order valence-corrected chi connectivity index (χ1v) is 6.41. The summed E-state index contributed by atoms with van der Waals surface area (Å²) in [6.45, 7) is 2.21. The standard InChI is InChI=1S/C14H20N2O/c1-2-3-4-5-10-13-14(15)16-11-8-6-7-9-12(11)17-13/h6-9,13H,2-5,10H2,1H3,(H2,15,16). The molecule has 2 rings (SSSR count). The van der Waals surface area contributed by atoms with Gasteiger partial charge >= 0.3 is 0 Å². The van der Waals surface area contributed by atoms with Crippen LogP contribution in [0.25, 0.3) is 0 Å². The van der Waals surface area contributed by atoms with Crippen molar-refractivity contribution in [3.8, 4) is 5.75 Å². The van der Waals surface area contributed by atoms with Crippen LogP contribution in [0.1, 0.15) is 39.0 Å². The summed E-state index contributed by atoms with van der Waals surface area (Å²) in [4.78, 5) is 4.40. The third-order valence-corrected chi connectivity index (χ3v) is 3.03. The molecule has 0 amide bonds. The number of hydrogen-bond donors (Lipinski definition) is 1. The number of unbranched alkanes of at least 4 members (excludes halogenated alkanes) is 3. The fourth-order valence-electron chi connectivity index (χ4n) is 2.04. The van der Waals surface area contributed by atoms with E-state index in [0.717, 1.165) is 24.3 Å². The maximum absolute atomic E-state index is 5.93. The fourth-order valence-corrected chi connectivity index (χ4v) is 2.04. The molecule has 1 aliphatic heterocycles. The van der Waals surface area contributed by atoms with Crippen LogP contribution in [0.4, 0.5) is 5.69 Å². The molecule has 1 atom stereocenters. The number of para-hydroxylation sites is 2. The molecular weight excluding hydrogens is 212 g/mol. The van der Waals surface area contributed by atoms with Crippen LogP contribution in [0, 0.1) is 0 Å². The molecule has 92 valence electrons. The zero-order chi connectivity index (χ0) is 12.1. The highest BCUT2D eigenvalue weighted by Gasteiger charge is 2.21. The van der Waals surface area contributed by atoms with Gasteiger partial charge in [-0.15, -0.1) is 0 Å². The number of rotatable bonds is 5. The first-order valence-electron chi connectivity index (χ1n) is 6.41. The van der Waals surface area contributed by atoms with Crippen molar-refractivity contribution in [3.63, 3.8) is 0 Å². The van der Waals surface area contributed by atoms with Crippen LogP contribution in [-0.4, -0.2) is 11.9 Å². The molecule has 0 saturated carbocycles. The maximum Gasteiger partial charge on any atom is 0.156 e. The monoisotopic (exact) mass is 232 g/mol. The van der Waals surface area contributed by atoms with Crippen LogP contribution < -0.4 is 10.5 Å². The molecule has 1 aromatic rings. The van der Waals surface area contributed by atoms with E-state index in [4.69, 9.17) is 10.5 Å². The summed E-state index contributed by atoms with van der Waals surface area (Å²) in [5, 5.41) is 0. The van der Waals surface area contributed by atoms with Gasteiger partial charge < -0.3 is 10.5 Å². The summed E-state index contributed by atoms with van der Waals surface area (Å²) in [7, 11) is 0. The number of fused-ring (bicyclic) bond motifs is 1. The second kappa shape index (κ2) is 5.71. The lowest BCUT2D eigenvalue weighted by Crippen LogP contribution is -2.35. The van der Waals surface area contributed by atoms with Crippen molar-refractivity contribution in [1.82, 2.24) is 0 Å². The third kappa shape index (κ3) is 2.99. The first kappa shape index (κ1) is 12.0. The lowest BCUT2D eigenvalue weighted by molar-refractivity contribution is 0.245. The number of ether oxygens (including phenoxy) is 1. The van der Waals surface area contributed by atoms with E-state index in [1.807, 2.05) is 24.3 Å². The molecular formula is C14H20N2O. The summed E-state index contributed by atoms with van der Waals surface area (Å²) in [6.07, 6.45) is 5.84. The second-order valence-electron chi connectivity index (χ2n) is 4.46. The predicted molar refractivity (Wildman–Crippen MR) is 70.9 cm³/mol. The van der Waals surface area contributed by atoms with Crippen molar-refractivity contribution in [3.05, 3.63) is 24.3 Å². The molecule has 0 fully saturated rings. The van der Waals surface area contributed by atoms with Crippen molar-refractivity contribution >= 4 is 11.5 Å². The largest absolute Gasteiger partial charge is 0.480 e. The van der Waals surface area contributed by atoms with Crippen LogP contribution in [-0.2, 0) is 0 Å². The van der Waals surface area contributed by atoms with Crippen molar-refractivity contribution in [2.75, 3.05) is 0 Å². The molecule has 0 aromatic heterocycles. The topological polar surface area (TPSA) is 47.6 Å². The minimum atomic E-state index is -0.0400. The Morgan fingerprint density at radius 1 is 1.24 bits per heavy atom. The highest BCUT2D eigenvalue weighted by molar-refractivity contribution is 5.90. The Morgan fingerprint density at radius 2 is 2.06 bits per heavy atom. The van der Waals surface area contributed by atoms with E-state index in [1.54, 1.807) is 0 Å². The molecule has 17 heavy (non-hydrogen) atoms. The van der Waals surface area contributed by atoms with Crippen LogP contribution >= 0.6 is 0 Å². The minimum Gasteiger partial charge on any atom is -0.480 e. The average molecular weight is 232 g/mol. The molecule has 0 aliphatic carbocycles. The molecule has 0 spiro atoms. The number of nitrogens with two attached hydrogens (primary N) is 1. The molecule has 0 saturated heterocycles. The van der Waals surface area contributed by atoms with Crippen molar-refractivity contribution < 1.29 is 4.74 Å². The van der Waals surface area contributed by atoms with E-state index >= 15 is 0 Å². The molecule has 1 aromatic carbocycles. The molecule has 3 nitrogen and oxygen atoms in total. The van der Waals surface area contributed by atoms with E-state index in [1.165, 1.54) is 19.3 Å². The number of aliphatic imine (C=N–C) groups is 1. The summed E-state index contributed by atoms with van der Waals surface area (Å²) in [5.41, 5.74) is 6.78. The van der Waals surface area contributed by atoms with Crippen LogP contribution in [0.3, 0.4) is 0 Å². The molecule has 3 heteroatoms. The predicted octanol–water partition coefficient (Wildman–Crippen LogP) is 3.41. The maximum atomic E-state index is 5.93. The summed E-state index contributed by atoms with van der Waals surface area (Å²) < 4.78 is 5.87. The zero-order valence-electron chi connectivity index (χ0n) is 10.4. The Kier molecular flexibility index (Phi) is 4.02. The van der Waals surface area contributed by atoms with Crippen molar-refractivity contribution in [2.24, 2.45) is 10.7 Å². The van der Waals surface area contributed by atoms with Gasteiger partial charge in [-0.25, -0.2) is 4.99 Å². The van der Waals surface area contributed by atoms with Gasteiger partial charge in [0.15, 0.2) is 6.10 Å². The minimum absolute atomic E-state index is 0.0400. The van der Waals surface area contributed by atoms with Gasteiger partial charge in [-0.3, -0.25) is 0 Å². The molecule has 0 radical (unpaired) electrons. The van der Waals surface area contributed by atoms with Gasteiger partial charge in [-0.2, -0.15) is 0 Å². The van der Waals surface area contributed by atoms with E-state index < -0.39 is 0 Å². The highest BCUT2D eigenvalue weighted by Crippen LogP contribution is 2.32. The second-order valence-corrected chi connectivity index (χ2v) is 4.46. The number of hydrogen-bond acceptors (Lipinski definition) is 3. The number of benzene rings is 1. The molecule has 1 unspecified atom stereocenters. The lowest BCUT2D eigenvalue weighted by Gasteiger charge is -2.23.